The highest BCUT2D eigenvalue weighted by molar-refractivity contribution is 5.71. The molecule has 0 aromatic heterocycles. The number of rotatable bonds is 53. The molecule has 0 saturated carbocycles. The van der Waals surface area contributed by atoms with Gasteiger partial charge in [-0.25, -0.2) is 0 Å². The Balaban J connectivity index is 4.29. The summed E-state index contributed by atoms with van der Waals surface area (Å²) in [6, 6.07) is 0. The van der Waals surface area contributed by atoms with Gasteiger partial charge in [0.15, 0.2) is 6.10 Å². The molecule has 0 rings (SSSR count). The van der Waals surface area contributed by atoms with Crippen molar-refractivity contribution in [3.63, 3.8) is 0 Å². The van der Waals surface area contributed by atoms with Crippen molar-refractivity contribution in [3.8, 4) is 0 Å². The van der Waals surface area contributed by atoms with Crippen LogP contribution in [0.2, 0.25) is 0 Å². The minimum absolute atomic E-state index is 0.0626. The summed E-state index contributed by atoms with van der Waals surface area (Å²) in [5.74, 6) is 0.890. The molecule has 0 aromatic rings. The van der Waals surface area contributed by atoms with Crippen molar-refractivity contribution in [2.45, 2.75) is 336 Å². The molecule has 0 spiro atoms. The minimum Gasteiger partial charge on any atom is -0.462 e. The summed E-state index contributed by atoms with van der Waals surface area (Å²) in [5, 5.41) is 0. The van der Waals surface area contributed by atoms with E-state index >= 15 is 0 Å². The van der Waals surface area contributed by atoms with Crippen LogP contribution in [-0.2, 0) is 28.6 Å². The number of hydrogen-bond donors (Lipinski definition) is 0. The van der Waals surface area contributed by atoms with Gasteiger partial charge in [0.25, 0.3) is 0 Å². The van der Waals surface area contributed by atoms with Gasteiger partial charge in [0.1, 0.15) is 13.2 Å². The first-order valence-corrected chi connectivity index (χ1v) is 29.3. The first-order valence-electron chi connectivity index (χ1n) is 29.3. The lowest BCUT2D eigenvalue weighted by atomic mass is 9.99. The molecule has 0 N–H and O–H groups in total. The van der Waals surface area contributed by atoms with Crippen molar-refractivity contribution in [2.24, 2.45) is 11.8 Å². The van der Waals surface area contributed by atoms with Crippen molar-refractivity contribution < 1.29 is 28.6 Å². The van der Waals surface area contributed by atoms with Gasteiger partial charge in [0, 0.05) is 19.3 Å². The highest BCUT2D eigenvalue weighted by Crippen LogP contribution is 2.19. The van der Waals surface area contributed by atoms with Crippen LogP contribution in [-0.4, -0.2) is 37.2 Å². The van der Waals surface area contributed by atoms with Crippen LogP contribution < -0.4 is 0 Å². The van der Waals surface area contributed by atoms with Gasteiger partial charge in [-0.1, -0.05) is 291 Å². The zero-order valence-corrected chi connectivity index (χ0v) is 44.6. The third kappa shape index (κ3) is 51.6. The Morgan fingerprint density at radius 3 is 0.877 bits per heavy atom. The van der Waals surface area contributed by atoms with Crippen molar-refractivity contribution in [2.75, 3.05) is 13.2 Å². The van der Waals surface area contributed by atoms with E-state index in [2.05, 4.69) is 34.6 Å². The Hall–Kier alpha value is -1.59. The average molecular weight is 920 g/mol. The number of carbonyl (C=O) groups is 3. The molecule has 0 saturated heterocycles. The molecule has 0 fully saturated rings. The smallest absolute Gasteiger partial charge is 0.306 e. The van der Waals surface area contributed by atoms with Crippen LogP contribution in [0.3, 0.4) is 0 Å². The van der Waals surface area contributed by atoms with Gasteiger partial charge in [-0.05, 0) is 31.1 Å². The molecule has 0 heterocycles. The molecule has 0 aromatic carbocycles. The summed E-state index contributed by atoms with van der Waals surface area (Å²) >= 11 is 0. The highest BCUT2D eigenvalue weighted by Gasteiger charge is 2.19. The van der Waals surface area contributed by atoms with Gasteiger partial charge in [0.05, 0.1) is 0 Å². The molecule has 0 radical (unpaired) electrons. The second-order valence-corrected chi connectivity index (χ2v) is 21.0. The largest absolute Gasteiger partial charge is 0.462 e. The summed E-state index contributed by atoms with van der Waals surface area (Å²) in [7, 11) is 0. The van der Waals surface area contributed by atoms with Gasteiger partial charge in [0.2, 0.25) is 0 Å². The van der Waals surface area contributed by atoms with E-state index in [1.165, 1.54) is 218 Å². The molecule has 65 heavy (non-hydrogen) atoms. The van der Waals surface area contributed by atoms with Crippen LogP contribution in [0.5, 0.6) is 0 Å². The second kappa shape index (κ2) is 51.8. The van der Waals surface area contributed by atoms with Crippen molar-refractivity contribution >= 4 is 17.9 Å². The van der Waals surface area contributed by atoms with E-state index in [0.29, 0.717) is 19.3 Å². The van der Waals surface area contributed by atoms with Crippen LogP contribution in [0.1, 0.15) is 330 Å². The van der Waals surface area contributed by atoms with E-state index in [9.17, 15) is 14.4 Å². The van der Waals surface area contributed by atoms with Crippen LogP contribution in [0.15, 0.2) is 0 Å². The first-order chi connectivity index (χ1) is 31.8. The molecule has 0 amide bonds. The highest BCUT2D eigenvalue weighted by atomic mass is 16.6. The third-order valence-electron chi connectivity index (χ3n) is 13.8. The molecular weight excluding hydrogens is 805 g/mol. The van der Waals surface area contributed by atoms with E-state index in [0.717, 1.165) is 69.6 Å². The number of esters is 3. The molecule has 0 aliphatic carbocycles. The van der Waals surface area contributed by atoms with Crippen LogP contribution in [0.25, 0.3) is 0 Å². The monoisotopic (exact) mass is 919 g/mol. The van der Waals surface area contributed by atoms with Gasteiger partial charge in [-0.2, -0.15) is 0 Å². The average Bonchev–Trinajstić information content (AvgIpc) is 3.29. The zero-order chi connectivity index (χ0) is 47.5. The van der Waals surface area contributed by atoms with E-state index in [4.69, 9.17) is 14.2 Å². The van der Waals surface area contributed by atoms with Crippen LogP contribution in [0.4, 0.5) is 0 Å². The Kier molecular flexibility index (Phi) is 50.5. The molecule has 0 bridgehead atoms. The summed E-state index contributed by atoms with van der Waals surface area (Å²) in [4.78, 5) is 38.2. The number of carbonyl (C=O) groups excluding carboxylic acids is 3. The van der Waals surface area contributed by atoms with Gasteiger partial charge >= 0.3 is 17.9 Å². The fourth-order valence-electron chi connectivity index (χ4n) is 9.02. The number of unbranched alkanes of at least 4 members (excludes halogenated alkanes) is 37. The number of ether oxygens (including phenoxy) is 3. The van der Waals surface area contributed by atoms with Gasteiger partial charge in [-0.3, -0.25) is 14.4 Å². The summed E-state index contributed by atoms with van der Waals surface area (Å²) < 4.78 is 16.9. The lowest BCUT2D eigenvalue weighted by Crippen LogP contribution is -2.30. The van der Waals surface area contributed by atoms with Crippen LogP contribution in [0, 0.1) is 11.8 Å². The zero-order valence-electron chi connectivity index (χ0n) is 44.6. The molecule has 6 nitrogen and oxygen atoms in total. The predicted molar refractivity (Wildman–Crippen MR) is 280 cm³/mol. The molecule has 0 aliphatic rings. The molecule has 0 aliphatic heterocycles. The fourth-order valence-corrected chi connectivity index (χ4v) is 9.02. The first kappa shape index (κ1) is 63.4. The SMILES string of the molecule is CCCCCCCCCCCCCCCCC(=O)OC[C@H](COC(=O)CCCCCCCCCCCCCCCCC(C)CC)OC(=O)CCCCCCCCCCCCCCC(C)C. The Bertz CT molecular complexity index is 995. The molecule has 6 heteroatoms. The lowest BCUT2D eigenvalue weighted by molar-refractivity contribution is -0.167. The Morgan fingerprint density at radius 2 is 0.585 bits per heavy atom. The minimum atomic E-state index is -0.763. The molecule has 2 atom stereocenters. The molecular formula is C59H114O6. The second-order valence-electron chi connectivity index (χ2n) is 21.0. The van der Waals surface area contributed by atoms with E-state index in [1.807, 2.05) is 0 Å². The molecule has 386 valence electrons. The summed E-state index contributed by atoms with van der Waals surface area (Å²) in [5.41, 5.74) is 0. The quantitative estimate of drug-likeness (QED) is 0.0344. The Morgan fingerprint density at radius 1 is 0.323 bits per heavy atom. The standard InChI is InChI=1S/C59H114O6/c1-6-8-9-10-11-12-13-14-18-24-29-34-39-44-49-57(60)63-52-56(65-59(62)51-46-41-36-31-26-21-20-22-27-32-37-42-47-54(3)4)53-64-58(61)50-45-40-35-30-25-19-16-15-17-23-28-33-38-43-48-55(5)7-2/h54-56H,6-53H2,1-5H3/t55?,56-/m1/s1. The van der Waals surface area contributed by atoms with E-state index in [1.54, 1.807) is 0 Å². The fraction of sp³-hybridized carbons (Fsp3) is 0.949. The van der Waals surface area contributed by atoms with E-state index in [-0.39, 0.29) is 31.1 Å². The Labute approximate surface area is 406 Å². The van der Waals surface area contributed by atoms with Crippen LogP contribution >= 0.6 is 0 Å². The topological polar surface area (TPSA) is 78.9 Å². The summed E-state index contributed by atoms with van der Waals surface area (Å²) in [6.45, 7) is 11.5. The maximum absolute atomic E-state index is 12.8. The summed E-state index contributed by atoms with van der Waals surface area (Å²) in [6.07, 6.45) is 55.1. The van der Waals surface area contributed by atoms with Gasteiger partial charge < -0.3 is 14.2 Å². The maximum Gasteiger partial charge on any atom is 0.306 e. The maximum atomic E-state index is 12.8. The number of hydrogen-bond acceptors (Lipinski definition) is 6. The van der Waals surface area contributed by atoms with Crippen molar-refractivity contribution in [1.29, 1.82) is 0 Å². The van der Waals surface area contributed by atoms with Gasteiger partial charge in [-0.15, -0.1) is 0 Å². The normalized spacial score (nSPS) is 12.5. The van der Waals surface area contributed by atoms with Crippen molar-refractivity contribution in [1.82, 2.24) is 0 Å². The third-order valence-corrected chi connectivity index (χ3v) is 13.8. The lowest BCUT2D eigenvalue weighted by Gasteiger charge is -2.18. The van der Waals surface area contributed by atoms with Crippen molar-refractivity contribution in [3.05, 3.63) is 0 Å². The molecule has 1 unspecified atom stereocenters. The van der Waals surface area contributed by atoms with E-state index < -0.39 is 6.10 Å². The predicted octanol–water partition coefficient (Wildman–Crippen LogP) is 19.3.